The molecule has 0 aliphatic heterocycles. The van der Waals surface area contributed by atoms with Crippen molar-refractivity contribution in [3.8, 4) is 11.3 Å². The lowest BCUT2D eigenvalue weighted by Crippen LogP contribution is -2.08. The van der Waals surface area contributed by atoms with E-state index < -0.39 is 9.84 Å². The van der Waals surface area contributed by atoms with Crippen LogP contribution in [0.5, 0.6) is 0 Å². The Morgan fingerprint density at radius 1 is 1.32 bits per heavy atom. The quantitative estimate of drug-likeness (QED) is 0.799. The fraction of sp³-hybridized carbons (Fsp3) is 0.417. The zero-order valence-electron chi connectivity index (χ0n) is 11.2. The average molecular weight is 281 g/mol. The van der Waals surface area contributed by atoms with Crippen LogP contribution in [0.15, 0.2) is 21.9 Å². The molecule has 0 saturated carbocycles. The number of sulfone groups is 1. The van der Waals surface area contributed by atoms with E-state index in [0.29, 0.717) is 17.0 Å². The first-order valence-electron chi connectivity index (χ1n) is 5.79. The van der Waals surface area contributed by atoms with E-state index in [1.54, 1.807) is 6.07 Å². The maximum Gasteiger partial charge on any atom is 0.247 e. The molecular weight excluding hydrogens is 266 g/mol. The highest BCUT2D eigenvalue weighted by Gasteiger charge is 2.19. The molecule has 0 unspecified atom stereocenters. The molecule has 0 radical (unpaired) electrons. The van der Waals surface area contributed by atoms with Gasteiger partial charge in [0.15, 0.2) is 5.76 Å². The second-order valence-electron chi connectivity index (χ2n) is 4.71. The molecule has 0 atom stereocenters. The minimum Gasteiger partial charge on any atom is -0.356 e. The summed E-state index contributed by atoms with van der Waals surface area (Å²) in [6.07, 6.45) is 2.56. The topological polar surface area (TPSA) is 86.0 Å². The standard InChI is InChI=1S/C12H15N3O3S/c1-7(2)11-9(10-5-8(3)15-18-10)6-13-12(14-11)19(4,16)17/h5-7H,1-4H3. The fourth-order valence-corrected chi connectivity index (χ4v) is 2.19. The van der Waals surface area contributed by atoms with Gasteiger partial charge in [-0.1, -0.05) is 19.0 Å². The lowest BCUT2D eigenvalue weighted by atomic mass is 10.0. The summed E-state index contributed by atoms with van der Waals surface area (Å²) in [6.45, 7) is 5.68. The Morgan fingerprint density at radius 3 is 2.47 bits per heavy atom. The van der Waals surface area contributed by atoms with E-state index >= 15 is 0 Å². The summed E-state index contributed by atoms with van der Waals surface area (Å²) in [4.78, 5) is 8.03. The Hall–Kier alpha value is -1.76. The van der Waals surface area contributed by atoms with Gasteiger partial charge in [-0.15, -0.1) is 0 Å². The predicted molar refractivity (Wildman–Crippen MR) is 69.5 cm³/mol. The van der Waals surface area contributed by atoms with E-state index in [-0.39, 0.29) is 11.1 Å². The summed E-state index contributed by atoms with van der Waals surface area (Å²) >= 11 is 0. The molecule has 2 aromatic rings. The summed E-state index contributed by atoms with van der Waals surface area (Å²) in [5.74, 6) is 0.588. The first kappa shape index (κ1) is 13.7. The van der Waals surface area contributed by atoms with Crippen molar-refractivity contribution in [1.29, 1.82) is 0 Å². The number of aryl methyl sites for hydroxylation is 1. The molecule has 0 aromatic carbocycles. The van der Waals surface area contributed by atoms with Crippen molar-refractivity contribution in [2.75, 3.05) is 6.26 Å². The first-order chi connectivity index (χ1) is 8.79. The van der Waals surface area contributed by atoms with Gasteiger partial charge in [0.2, 0.25) is 15.0 Å². The largest absolute Gasteiger partial charge is 0.356 e. The number of hydrogen-bond acceptors (Lipinski definition) is 6. The highest BCUT2D eigenvalue weighted by atomic mass is 32.2. The maximum atomic E-state index is 11.5. The van der Waals surface area contributed by atoms with E-state index in [0.717, 1.165) is 11.9 Å². The predicted octanol–water partition coefficient (Wildman–Crippen LogP) is 1.97. The third-order valence-electron chi connectivity index (χ3n) is 2.57. The van der Waals surface area contributed by atoms with Crippen LogP contribution in [0.1, 0.15) is 31.2 Å². The number of nitrogens with zero attached hydrogens (tertiary/aromatic N) is 3. The summed E-state index contributed by atoms with van der Waals surface area (Å²) < 4.78 is 28.2. The molecule has 0 N–H and O–H groups in total. The van der Waals surface area contributed by atoms with Gasteiger partial charge in [-0.2, -0.15) is 0 Å². The van der Waals surface area contributed by atoms with Crippen LogP contribution in [-0.4, -0.2) is 29.8 Å². The normalized spacial score (nSPS) is 12.1. The minimum absolute atomic E-state index is 0.0453. The van der Waals surface area contributed by atoms with Gasteiger partial charge >= 0.3 is 0 Å². The van der Waals surface area contributed by atoms with E-state index in [1.165, 1.54) is 6.20 Å². The lowest BCUT2D eigenvalue weighted by Gasteiger charge is -2.10. The number of aromatic nitrogens is 3. The van der Waals surface area contributed by atoms with Gasteiger partial charge < -0.3 is 4.52 Å². The Kier molecular flexibility index (Phi) is 3.40. The van der Waals surface area contributed by atoms with Crippen LogP contribution >= 0.6 is 0 Å². The zero-order chi connectivity index (χ0) is 14.2. The summed E-state index contributed by atoms with van der Waals surface area (Å²) in [7, 11) is -3.42. The molecule has 2 heterocycles. The molecule has 6 nitrogen and oxygen atoms in total. The van der Waals surface area contributed by atoms with E-state index in [4.69, 9.17) is 4.52 Å². The lowest BCUT2D eigenvalue weighted by molar-refractivity contribution is 0.426. The van der Waals surface area contributed by atoms with Crippen LogP contribution in [0, 0.1) is 6.92 Å². The highest BCUT2D eigenvalue weighted by Crippen LogP contribution is 2.28. The fourth-order valence-electron chi connectivity index (χ4n) is 1.68. The van der Waals surface area contributed by atoms with Crippen LogP contribution in [0.2, 0.25) is 0 Å². The van der Waals surface area contributed by atoms with Crippen LogP contribution in [0.3, 0.4) is 0 Å². The molecule has 7 heteroatoms. The third-order valence-corrected chi connectivity index (χ3v) is 3.43. The molecule has 2 rings (SSSR count). The van der Waals surface area contributed by atoms with Crippen LogP contribution in [0.25, 0.3) is 11.3 Å². The second kappa shape index (κ2) is 4.73. The van der Waals surface area contributed by atoms with Gasteiger partial charge in [0.25, 0.3) is 0 Å². The molecule has 19 heavy (non-hydrogen) atoms. The molecule has 0 saturated heterocycles. The van der Waals surface area contributed by atoms with E-state index in [9.17, 15) is 8.42 Å². The van der Waals surface area contributed by atoms with Crippen LogP contribution < -0.4 is 0 Å². The molecule has 0 amide bonds. The Balaban J connectivity index is 2.63. The van der Waals surface area contributed by atoms with Crippen molar-refractivity contribution in [3.63, 3.8) is 0 Å². The molecule has 2 aromatic heterocycles. The van der Waals surface area contributed by atoms with Crippen molar-refractivity contribution in [3.05, 3.63) is 23.7 Å². The summed E-state index contributed by atoms with van der Waals surface area (Å²) in [5.41, 5.74) is 2.05. The van der Waals surface area contributed by atoms with Crippen molar-refractivity contribution in [2.24, 2.45) is 0 Å². The molecule has 0 aliphatic rings. The van der Waals surface area contributed by atoms with Crippen molar-refractivity contribution in [1.82, 2.24) is 15.1 Å². The SMILES string of the molecule is Cc1cc(-c2cnc(S(C)(=O)=O)nc2C(C)C)on1. The van der Waals surface area contributed by atoms with Gasteiger partial charge in [0.1, 0.15) is 0 Å². The van der Waals surface area contributed by atoms with E-state index in [2.05, 4.69) is 15.1 Å². The minimum atomic E-state index is -3.42. The number of rotatable bonds is 3. The van der Waals surface area contributed by atoms with Gasteiger partial charge in [0.05, 0.1) is 17.0 Å². The van der Waals surface area contributed by atoms with Gasteiger partial charge in [-0.3, -0.25) is 0 Å². The molecule has 0 fully saturated rings. The Labute approximate surface area is 111 Å². The maximum absolute atomic E-state index is 11.5. The van der Waals surface area contributed by atoms with Crippen molar-refractivity contribution in [2.45, 2.75) is 31.8 Å². The first-order valence-corrected chi connectivity index (χ1v) is 7.69. The van der Waals surface area contributed by atoms with Crippen molar-refractivity contribution < 1.29 is 12.9 Å². The van der Waals surface area contributed by atoms with Gasteiger partial charge in [-0.05, 0) is 12.8 Å². The highest BCUT2D eigenvalue weighted by molar-refractivity contribution is 7.90. The molecule has 102 valence electrons. The average Bonchev–Trinajstić information content (AvgIpc) is 2.73. The van der Waals surface area contributed by atoms with Gasteiger partial charge in [0, 0.05) is 18.5 Å². The number of hydrogen-bond donors (Lipinski definition) is 0. The second-order valence-corrected chi connectivity index (χ2v) is 6.62. The molecule has 0 bridgehead atoms. The van der Waals surface area contributed by atoms with E-state index in [1.807, 2.05) is 20.8 Å². The smallest absolute Gasteiger partial charge is 0.247 e. The monoisotopic (exact) mass is 281 g/mol. The summed E-state index contributed by atoms with van der Waals surface area (Å²) in [6, 6.07) is 1.77. The van der Waals surface area contributed by atoms with Crippen molar-refractivity contribution >= 4 is 9.84 Å². The van der Waals surface area contributed by atoms with Crippen LogP contribution in [0.4, 0.5) is 0 Å². The molecule has 0 spiro atoms. The third kappa shape index (κ3) is 2.81. The van der Waals surface area contributed by atoms with Gasteiger partial charge in [-0.25, -0.2) is 18.4 Å². The molecule has 0 aliphatic carbocycles. The van der Waals surface area contributed by atoms with Crippen LogP contribution in [-0.2, 0) is 9.84 Å². The Bertz CT molecular complexity index is 705. The Morgan fingerprint density at radius 2 is 2.00 bits per heavy atom. The molecular formula is C12H15N3O3S. The summed E-state index contributed by atoms with van der Waals surface area (Å²) in [5, 5.41) is 3.65. The zero-order valence-corrected chi connectivity index (χ0v) is 12.0.